The molecule has 0 saturated heterocycles. The standard InChI is InChI=1S/C19H15N3OS/c1-2-7-17-14(6-1)16-11-15(18-8-4-10-24-18)21-22(16)19(23-17)13-5-3-9-20-12-13/h1-10,12,16,19H,11H2/t16-,19-/m0/s1. The van der Waals surface area contributed by atoms with Gasteiger partial charge in [0.05, 0.1) is 16.6 Å². The third-order valence-corrected chi connectivity index (χ3v) is 5.39. The summed E-state index contributed by atoms with van der Waals surface area (Å²) in [6.45, 7) is 0. The molecule has 1 aromatic carbocycles. The van der Waals surface area contributed by atoms with E-state index in [-0.39, 0.29) is 12.3 Å². The summed E-state index contributed by atoms with van der Waals surface area (Å²) in [7, 11) is 0. The van der Waals surface area contributed by atoms with Crippen LogP contribution >= 0.6 is 11.3 Å². The zero-order valence-corrected chi connectivity index (χ0v) is 13.7. The van der Waals surface area contributed by atoms with E-state index in [0.29, 0.717) is 0 Å². The fourth-order valence-corrected chi connectivity index (χ4v) is 4.09. The Morgan fingerprint density at radius 1 is 1.08 bits per heavy atom. The minimum Gasteiger partial charge on any atom is -0.464 e. The smallest absolute Gasteiger partial charge is 0.215 e. The van der Waals surface area contributed by atoms with Gasteiger partial charge in [-0.2, -0.15) is 5.10 Å². The number of fused-ring (bicyclic) bond motifs is 3. The number of hydrogen-bond acceptors (Lipinski definition) is 5. The Bertz CT molecular complexity index is 892. The molecular formula is C19H15N3OS. The summed E-state index contributed by atoms with van der Waals surface area (Å²) < 4.78 is 6.28. The molecule has 0 N–H and O–H groups in total. The fourth-order valence-electron chi connectivity index (χ4n) is 3.37. The molecule has 24 heavy (non-hydrogen) atoms. The zero-order chi connectivity index (χ0) is 15.9. The van der Waals surface area contributed by atoms with Gasteiger partial charge in [0, 0.05) is 29.9 Å². The Morgan fingerprint density at radius 3 is 2.88 bits per heavy atom. The number of rotatable bonds is 2. The number of para-hydroxylation sites is 1. The van der Waals surface area contributed by atoms with Crippen LogP contribution in [0.15, 0.2) is 71.4 Å². The van der Waals surface area contributed by atoms with Gasteiger partial charge in [-0.25, -0.2) is 5.01 Å². The minimum atomic E-state index is -0.240. The molecule has 2 atom stereocenters. The largest absolute Gasteiger partial charge is 0.464 e. The Morgan fingerprint density at radius 2 is 2.04 bits per heavy atom. The summed E-state index contributed by atoms with van der Waals surface area (Å²) in [4.78, 5) is 5.47. The SMILES string of the molecule is c1cncc([C@@H]2Oc3ccccc3[C@@H]3CC(c4cccs4)=NN32)c1. The highest BCUT2D eigenvalue weighted by molar-refractivity contribution is 7.12. The van der Waals surface area contributed by atoms with Gasteiger partial charge in [-0.15, -0.1) is 11.3 Å². The Balaban J connectivity index is 1.62. The van der Waals surface area contributed by atoms with Crippen LogP contribution < -0.4 is 4.74 Å². The molecule has 0 amide bonds. The van der Waals surface area contributed by atoms with Crippen LogP contribution in [0.25, 0.3) is 0 Å². The second-order valence-corrected chi connectivity index (χ2v) is 6.87. The van der Waals surface area contributed by atoms with Crippen LogP contribution in [-0.4, -0.2) is 15.7 Å². The van der Waals surface area contributed by atoms with Gasteiger partial charge in [0.2, 0.25) is 6.23 Å². The molecule has 5 heteroatoms. The Hall–Kier alpha value is -2.66. The molecular weight excluding hydrogens is 318 g/mol. The van der Waals surface area contributed by atoms with E-state index in [9.17, 15) is 0 Å². The lowest BCUT2D eigenvalue weighted by molar-refractivity contribution is -0.0192. The van der Waals surface area contributed by atoms with Crippen LogP contribution in [0.1, 0.15) is 34.7 Å². The third kappa shape index (κ3) is 2.12. The lowest BCUT2D eigenvalue weighted by Crippen LogP contribution is -2.33. The lowest BCUT2D eigenvalue weighted by atomic mass is 9.98. The normalized spacial score (nSPS) is 21.7. The van der Waals surface area contributed by atoms with Gasteiger partial charge in [-0.05, 0) is 23.6 Å². The number of thiophene rings is 1. The van der Waals surface area contributed by atoms with Crippen molar-refractivity contribution in [2.45, 2.75) is 18.7 Å². The molecule has 0 fully saturated rings. The van der Waals surface area contributed by atoms with E-state index in [1.807, 2.05) is 30.5 Å². The van der Waals surface area contributed by atoms with E-state index in [4.69, 9.17) is 9.84 Å². The number of aromatic nitrogens is 1. The van der Waals surface area contributed by atoms with Crippen molar-refractivity contribution in [2.24, 2.45) is 5.10 Å². The molecule has 0 unspecified atom stereocenters. The topological polar surface area (TPSA) is 37.7 Å². The highest BCUT2D eigenvalue weighted by Gasteiger charge is 2.40. The molecule has 118 valence electrons. The molecule has 0 radical (unpaired) electrons. The molecule has 0 saturated carbocycles. The van der Waals surface area contributed by atoms with Crippen LogP contribution in [-0.2, 0) is 0 Å². The van der Waals surface area contributed by atoms with Gasteiger partial charge in [-0.1, -0.05) is 30.3 Å². The van der Waals surface area contributed by atoms with E-state index in [2.05, 4.69) is 39.6 Å². The average Bonchev–Trinajstić information content (AvgIpc) is 3.31. The quantitative estimate of drug-likeness (QED) is 0.698. The van der Waals surface area contributed by atoms with E-state index >= 15 is 0 Å². The molecule has 4 heterocycles. The molecule has 2 aliphatic rings. The maximum Gasteiger partial charge on any atom is 0.215 e. The second-order valence-electron chi connectivity index (χ2n) is 5.92. The number of hydrogen-bond donors (Lipinski definition) is 0. The maximum atomic E-state index is 6.28. The van der Waals surface area contributed by atoms with Crippen LogP contribution in [0.4, 0.5) is 0 Å². The van der Waals surface area contributed by atoms with Crippen molar-refractivity contribution in [1.82, 2.24) is 9.99 Å². The minimum absolute atomic E-state index is 0.206. The Kier molecular flexibility index (Phi) is 3.13. The maximum absolute atomic E-state index is 6.28. The molecule has 5 rings (SSSR count). The van der Waals surface area contributed by atoms with Crippen molar-refractivity contribution in [2.75, 3.05) is 0 Å². The summed E-state index contributed by atoms with van der Waals surface area (Å²) in [5.74, 6) is 0.940. The lowest BCUT2D eigenvalue weighted by Gasteiger charge is -2.38. The summed E-state index contributed by atoms with van der Waals surface area (Å²) >= 11 is 1.73. The van der Waals surface area contributed by atoms with Gasteiger partial charge in [0.25, 0.3) is 0 Å². The fraction of sp³-hybridized carbons (Fsp3) is 0.158. The summed E-state index contributed by atoms with van der Waals surface area (Å²) in [6, 6.07) is 16.7. The van der Waals surface area contributed by atoms with Crippen molar-refractivity contribution in [3.05, 3.63) is 82.3 Å². The first-order chi connectivity index (χ1) is 11.9. The van der Waals surface area contributed by atoms with E-state index < -0.39 is 0 Å². The van der Waals surface area contributed by atoms with Crippen molar-refractivity contribution < 1.29 is 4.74 Å². The monoisotopic (exact) mass is 333 g/mol. The molecule has 2 aromatic heterocycles. The summed E-state index contributed by atoms with van der Waals surface area (Å²) in [5.41, 5.74) is 3.35. The van der Waals surface area contributed by atoms with Crippen LogP contribution in [0.2, 0.25) is 0 Å². The van der Waals surface area contributed by atoms with Gasteiger partial charge < -0.3 is 4.74 Å². The first kappa shape index (κ1) is 13.7. The zero-order valence-electron chi connectivity index (χ0n) is 12.9. The number of ether oxygens (including phenoxy) is 1. The summed E-state index contributed by atoms with van der Waals surface area (Å²) in [6.07, 6.45) is 4.30. The van der Waals surface area contributed by atoms with E-state index in [1.54, 1.807) is 17.5 Å². The first-order valence-corrected chi connectivity index (χ1v) is 8.83. The van der Waals surface area contributed by atoms with E-state index in [1.165, 1.54) is 10.4 Å². The van der Waals surface area contributed by atoms with Crippen LogP contribution in [0.3, 0.4) is 0 Å². The number of hydrazone groups is 1. The second kappa shape index (κ2) is 5.46. The summed E-state index contributed by atoms with van der Waals surface area (Å²) in [5, 5.41) is 9.10. The number of pyridine rings is 1. The van der Waals surface area contributed by atoms with Gasteiger partial charge in [-0.3, -0.25) is 4.98 Å². The predicted molar refractivity (Wildman–Crippen MR) is 94.1 cm³/mol. The highest BCUT2D eigenvalue weighted by atomic mass is 32.1. The van der Waals surface area contributed by atoms with Gasteiger partial charge in [0.1, 0.15) is 5.75 Å². The van der Waals surface area contributed by atoms with E-state index in [0.717, 1.165) is 23.4 Å². The van der Waals surface area contributed by atoms with Crippen LogP contribution in [0.5, 0.6) is 5.75 Å². The average molecular weight is 333 g/mol. The Labute approximate surface area is 144 Å². The molecule has 0 spiro atoms. The molecule has 3 aromatic rings. The first-order valence-electron chi connectivity index (χ1n) is 7.95. The molecule has 4 nitrogen and oxygen atoms in total. The van der Waals surface area contributed by atoms with Crippen molar-refractivity contribution >= 4 is 17.0 Å². The van der Waals surface area contributed by atoms with Gasteiger partial charge in [0.15, 0.2) is 0 Å². The molecule has 2 aliphatic heterocycles. The van der Waals surface area contributed by atoms with Crippen molar-refractivity contribution in [3.63, 3.8) is 0 Å². The molecule has 0 bridgehead atoms. The number of benzene rings is 1. The van der Waals surface area contributed by atoms with Crippen LogP contribution in [0, 0.1) is 0 Å². The highest BCUT2D eigenvalue weighted by Crippen LogP contribution is 2.47. The predicted octanol–water partition coefficient (Wildman–Crippen LogP) is 4.39. The van der Waals surface area contributed by atoms with Crippen molar-refractivity contribution in [3.8, 4) is 5.75 Å². The molecule has 0 aliphatic carbocycles. The number of nitrogens with zero attached hydrogens (tertiary/aromatic N) is 3. The van der Waals surface area contributed by atoms with Gasteiger partial charge >= 0.3 is 0 Å². The third-order valence-electron chi connectivity index (χ3n) is 4.47. The van der Waals surface area contributed by atoms with Crippen molar-refractivity contribution in [1.29, 1.82) is 0 Å².